The Morgan fingerprint density at radius 1 is 1.00 bits per heavy atom. The first-order valence-electron chi connectivity index (χ1n) is 7.41. The number of benzene rings is 2. The van der Waals surface area contributed by atoms with Crippen LogP contribution >= 0.6 is 0 Å². The molecule has 2 aromatic rings. The molecule has 0 spiro atoms. The fourth-order valence-electron chi connectivity index (χ4n) is 2.23. The van der Waals surface area contributed by atoms with Crippen molar-refractivity contribution in [3.63, 3.8) is 0 Å². The van der Waals surface area contributed by atoms with Crippen LogP contribution in [0.4, 0.5) is 0 Å². The van der Waals surface area contributed by atoms with Crippen LogP contribution in [0.2, 0.25) is 0 Å². The van der Waals surface area contributed by atoms with E-state index in [0.717, 1.165) is 29.6 Å². The number of methoxy groups -OCH3 is 1. The van der Waals surface area contributed by atoms with Crippen molar-refractivity contribution in [3.05, 3.63) is 59.7 Å². The molecule has 21 heavy (non-hydrogen) atoms. The Kier molecular flexibility index (Phi) is 4.53. The van der Waals surface area contributed by atoms with Gasteiger partial charge in [-0.05, 0) is 48.2 Å². The van der Waals surface area contributed by atoms with E-state index in [4.69, 9.17) is 9.47 Å². The summed E-state index contributed by atoms with van der Waals surface area (Å²) in [5, 5.41) is 3.51. The van der Waals surface area contributed by atoms with Gasteiger partial charge in [-0.25, -0.2) is 0 Å². The molecule has 110 valence electrons. The summed E-state index contributed by atoms with van der Waals surface area (Å²) in [6, 6.07) is 17.0. The van der Waals surface area contributed by atoms with Crippen LogP contribution in [0, 0.1) is 0 Å². The Labute approximate surface area is 125 Å². The molecule has 1 fully saturated rings. The summed E-state index contributed by atoms with van der Waals surface area (Å²) in [5.74, 6) is 1.70. The quantitative estimate of drug-likeness (QED) is 0.836. The van der Waals surface area contributed by atoms with Gasteiger partial charge in [0.1, 0.15) is 11.5 Å². The molecule has 0 aliphatic heterocycles. The lowest BCUT2D eigenvalue weighted by molar-refractivity contribution is 0.184. The third kappa shape index (κ3) is 4.31. The van der Waals surface area contributed by atoms with Crippen LogP contribution in [-0.4, -0.2) is 13.2 Å². The van der Waals surface area contributed by atoms with Crippen LogP contribution in [0.5, 0.6) is 11.5 Å². The average molecular weight is 283 g/mol. The second-order valence-corrected chi connectivity index (χ2v) is 5.48. The monoisotopic (exact) mass is 283 g/mol. The summed E-state index contributed by atoms with van der Waals surface area (Å²) >= 11 is 0. The predicted octanol–water partition coefficient (Wildman–Crippen LogP) is 3.88. The number of hydrogen-bond acceptors (Lipinski definition) is 3. The van der Waals surface area contributed by atoms with E-state index >= 15 is 0 Å². The van der Waals surface area contributed by atoms with Gasteiger partial charge in [-0.1, -0.05) is 24.3 Å². The van der Waals surface area contributed by atoms with Crippen LogP contribution in [0.15, 0.2) is 48.5 Å². The summed E-state index contributed by atoms with van der Waals surface area (Å²) in [5.41, 5.74) is 2.41. The van der Waals surface area contributed by atoms with E-state index in [1.54, 1.807) is 7.11 Å². The van der Waals surface area contributed by atoms with Crippen LogP contribution < -0.4 is 10.1 Å². The van der Waals surface area contributed by atoms with Crippen LogP contribution in [-0.2, 0) is 17.9 Å². The van der Waals surface area contributed by atoms with Crippen molar-refractivity contribution in [2.45, 2.75) is 32.0 Å². The highest BCUT2D eigenvalue weighted by Crippen LogP contribution is 2.23. The minimum atomic E-state index is 0.600. The van der Waals surface area contributed by atoms with Crippen molar-refractivity contribution in [3.8, 4) is 11.5 Å². The molecule has 3 rings (SSSR count). The standard InChI is InChI=1S/C18H21NO2/c1-20-13-15-3-2-4-18(11-15)21-17-9-5-14(6-10-17)12-19-16-7-8-16/h2-6,9-11,16,19H,7-8,12-13H2,1H3. The molecule has 2 aromatic carbocycles. The molecule has 0 aromatic heterocycles. The fourth-order valence-corrected chi connectivity index (χ4v) is 2.23. The van der Waals surface area contributed by atoms with E-state index in [2.05, 4.69) is 17.4 Å². The molecule has 3 nitrogen and oxygen atoms in total. The van der Waals surface area contributed by atoms with Crippen molar-refractivity contribution in [2.75, 3.05) is 7.11 Å². The smallest absolute Gasteiger partial charge is 0.127 e. The van der Waals surface area contributed by atoms with Crippen molar-refractivity contribution >= 4 is 0 Å². The zero-order valence-corrected chi connectivity index (χ0v) is 12.3. The average Bonchev–Trinajstić information content (AvgIpc) is 3.32. The minimum absolute atomic E-state index is 0.600. The molecule has 0 radical (unpaired) electrons. The van der Waals surface area contributed by atoms with E-state index in [1.165, 1.54) is 18.4 Å². The molecule has 0 amide bonds. The van der Waals surface area contributed by atoms with E-state index in [9.17, 15) is 0 Å². The van der Waals surface area contributed by atoms with Crippen molar-refractivity contribution in [1.29, 1.82) is 0 Å². The zero-order valence-electron chi connectivity index (χ0n) is 12.3. The van der Waals surface area contributed by atoms with Gasteiger partial charge in [0.15, 0.2) is 0 Å². The second-order valence-electron chi connectivity index (χ2n) is 5.48. The molecule has 1 aliphatic rings. The lowest BCUT2D eigenvalue weighted by Gasteiger charge is -2.09. The van der Waals surface area contributed by atoms with Crippen molar-refractivity contribution in [1.82, 2.24) is 5.32 Å². The largest absolute Gasteiger partial charge is 0.457 e. The van der Waals surface area contributed by atoms with Gasteiger partial charge in [-0.15, -0.1) is 0 Å². The van der Waals surface area contributed by atoms with Crippen LogP contribution in [0.1, 0.15) is 24.0 Å². The summed E-state index contributed by atoms with van der Waals surface area (Å²) in [6.45, 7) is 1.54. The minimum Gasteiger partial charge on any atom is -0.457 e. The molecule has 1 saturated carbocycles. The van der Waals surface area contributed by atoms with E-state index in [1.807, 2.05) is 36.4 Å². The lowest BCUT2D eigenvalue weighted by atomic mass is 10.2. The maximum Gasteiger partial charge on any atom is 0.127 e. The highest BCUT2D eigenvalue weighted by molar-refractivity contribution is 5.35. The van der Waals surface area contributed by atoms with E-state index < -0.39 is 0 Å². The van der Waals surface area contributed by atoms with Gasteiger partial charge in [-0.3, -0.25) is 0 Å². The first-order chi connectivity index (χ1) is 10.3. The van der Waals surface area contributed by atoms with Gasteiger partial charge >= 0.3 is 0 Å². The topological polar surface area (TPSA) is 30.5 Å². The first kappa shape index (κ1) is 14.1. The van der Waals surface area contributed by atoms with E-state index in [0.29, 0.717) is 6.61 Å². The predicted molar refractivity (Wildman–Crippen MR) is 83.5 cm³/mol. The Morgan fingerprint density at radius 2 is 1.81 bits per heavy atom. The van der Waals surface area contributed by atoms with Gasteiger partial charge in [0, 0.05) is 19.7 Å². The van der Waals surface area contributed by atoms with Gasteiger partial charge in [0.2, 0.25) is 0 Å². The third-order valence-corrected chi connectivity index (χ3v) is 3.54. The summed E-state index contributed by atoms with van der Waals surface area (Å²) in [6.07, 6.45) is 2.64. The Balaban J connectivity index is 1.59. The Hall–Kier alpha value is -1.84. The molecule has 1 N–H and O–H groups in total. The Bertz CT molecular complexity index is 576. The number of hydrogen-bond donors (Lipinski definition) is 1. The van der Waals surface area contributed by atoms with Gasteiger partial charge in [-0.2, -0.15) is 0 Å². The summed E-state index contributed by atoms with van der Waals surface area (Å²) in [7, 11) is 1.70. The fraction of sp³-hybridized carbons (Fsp3) is 0.333. The summed E-state index contributed by atoms with van der Waals surface area (Å²) < 4.78 is 11.0. The maximum absolute atomic E-state index is 5.88. The van der Waals surface area contributed by atoms with Gasteiger partial charge in [0.05, 0.1) is 6.61 Å². The van der Waals surface area contributed by atoms with Crippen LogP contribution in [0.25, 0.3) is 0 Å². The number of ether oxygens (including phenoxy) is 2. The molecule has 0 bridgehead atoms. The highest BCUT2D eigenvalue weighted by Gasteiger charge is 2.19. The summed E-state index contributed by atoms with van der Waals surface area (Å²) in [4.78, 5) is 0. The molecule has 0 saturated heterocycles. The lowest BCUT2D eigenvalue weighted by Crippen LogP contribution is -2.14. The van der Waals surface area contributed by atoms with Gasteiger partial charge in [0.25, 0.3) is 0 Å². The molecular weight excluding hydrogens is 262 g/mol. The number of rotatable bonds is 7. The zero-order chi connectivity index (χ0) is 14.5. The Morgan fingerprint density at radius 3 is 2.52 bits per heavy atom. The SMILES string of the molecule is COCc1cccc(Oc2ccc(CNC3CC3)cc2)c1. The van der Waals surface area contributed by atoms with Crippen LogP contribution in [0.3, 0.4) is 0 Å². The molecular formula is C18H21NO2. The molecule has 1 aliphatic carbocycles. The normalized spacial score (nSPS) is 14.1. The highest BCUT2D eigenvalue weighted by atomic mass is 16.5. The second kappa shape index (κ2) is 6.74. The molecule has 0 atom stereocenters. The van der Waals surface area contributed by atoms with Crippen molar-refractivity contribution in [2.24, 2.45) is 0 Å². The van der Waals surface area contributed by atoms with E-state index in [-0.39, 0.29) is 0 Å². The molecule has 0 heterocycles. The number of nitrogens with one attached hydrogen (secondary N) is 1. The third-order valence-electron chi connectivity index (χ3n) is 3.54. The maximum atomic E-state index is 5.88. The van der Waals surface area contributed by atoms with Crippen molar-refractivity contribution < 1.29 is 9.47 Å². The molecule has 0 unspecified atom stereocenters. The molecule has 3 heteroatoms. The first-order valence-corrected chi connectivity index (χ1v) is 7.41. The van der Waals surface area contributed by atoms with Gasteiger partial charge < -0.3 is 14.8 Å².